The minimum atomic E-state index is -0.386. The molecule has 0 heterocycles. The average Bonchev–Trinajstić information content (AvgIpc) is 2.61. The van der Waals surface area contributed by atoms with E-state index in [1.54, 1.807) is 18.3 Å². The van der Waals surface area contributed by atoms with Gasteiger partial charge in [0, 0.05) is 10.0 Å². The number of carbonyl (C=O) groups excluding carboxylic acids is 1. The molecule has 126 valence electrons. The van der Waals surface area contributed by atoms with Gasteiger partial charge in [0.2, 0.25) is 5.75 Å². The molecule has 0 aliphatic heterocycles. The number of benzene rings is 2. The van der Waals surface area contributed by atoms with Crippen LogP contribution >= 0.6 is 15.9 Å². The number of rotatable bonds is 6. The fraction of sp³-hybridized carbons (Fsp3) is 0.176. The number of hydrogen-bond acceptors (Lipinski definition) is 5. The van der Waals surface area contributed by atoms with Crippen LogP contribution in [-0.4, -0.2) is 33.5 Å². The van der Waals surface area contributed by atoms with Gasteiger partial charge in [0.15, 0.2) is 11.5 Å². The normalized spacial score (nSPS) is 10.5. The Labute approximate surface area is 148 Å². The summed E-state index contributed by atoms with van der Waals surface area (Å²) in [6.07, 6.45) is 1.56. The Morgan fingerprint density at radius 1 is 1.04 bits per heavy atom. The molecular formula is C17H17BrN2O4. The fourth-order valence-corrected chi connectivity index (χ4v) is 2.26. The SMILES string of the molecule is COc1cc(C(=O)N/N=C/c2ccc(Br)cc2)cc(OC)c1OC. The first-order chi connectivity index (χ1) is 11.6. The summed E-state index contributed by atoms with van der Waals surface area (Å²) >= 11 is 3.36. The van der Waals surface area contributed by atoms with Gasteiger partial charge in [-0.1, -0.05) is 28.1 Å². The van der Waals surface area contributed by atoms with Crippen LogP contribution in [0.4, 0.5) is 0 Å². The maximum absolute atomic E-state index is 12.2. The Bertz CT molecular complexity index is 720. The summed E-state index contributed by atoms with van der Waals surface area (Å²) in [5.41, 5.74) is 3.68. The monoisotopic (exact) mass is 392 g/mol. The Morgan fingerprint density at radius 2 is 1.62 bits per heavy atom. The number of amides is 1. The summed E-state index contributed by atoms with van der Waals surface area (Å²) in [6.45, 7) is 0. The molecule has 6 nitrogen and oxygen atoms in total. The zero-order valence-electron chi connectivity index (χ0n) is 13.5. The van der Waals surface area contributed by atoms with Gasteiger partial charge in [0.25, 0.3) is 5.91 Å². The molecule has 0 fully saturated rings. The van der Waals surface area contributed by atoms with Crippen LogP contribution in [0.25, 0.3) is 0 Å². The number of carbonyl (C=O) groups is 1. The summed E-state index contributed by atoms with van der Waals surface area (Å²) in [6, 6.07) is 10.7. The second-order valence-electron chi connectivity index (χ2n) is 4.66. The second kappa shape index (κ2) is 8.35. The highest BCUT2D eigenvalue weighted by molar-refractivity contribution is 9.10. The van der Waals surface area contributed by atoms with Crippen LogP contribution in [0.5, 0.6) is 17.2 Å². The van der Waals surface area contributed by atoms with Crippen LogP contribution in [0, 0.1) is 0 Å². The minimum Gasteiger partial charge on any atom is -0.493 e. The van der Waals surface area contributed by atoms with Crippen molar-refractivity contribution in [2.24, 2.45) is 5.10 Å². The Hall–Kier alpha value is -2.54. The molecule has 0 aliphatic carbocycles. The predicted molar refractivity (Wildman–Crippen MR) is 95.3 cm³/mol. The van der Waals surface area contributed by atoms with Crippen LogP contribution in [0.3, 0.4) is 0 Å². The number of ether oxygens (including phenoxy) is 3. The molecule has 24 heavy (non-hydrogen) atoms. The summed E-state index contributed by atoms with van der Waals surface area (Å²) in [4.78, 5) is 12.2. The number of nitrogens with zero attached hydrogens (tertiary/aromatic N) is 1. The summed E-state index contributed by atoms with van der Waals surface area (Å²) < 4.78 is 16.7. The number of hydrazone groups is 1. The summed E-state index contributed by atoms with van der Waals surface area (Å²) in [5.74, 6) is 0.843. The first-order valence-corrected chi connectivity index (χ1v) is 7.77. The molecule has 0 atom stereocenters. The third kappa shape index (κ3) is 4.26. The molecule has 0 unspecified atom stereocenters. The van der Waals surface area contributed by atoms with E-state index >= 15 is 0 Å². The smallest absolute Gasteiger partial charge is 0.271 e. The van der Waals surface area contributed by atoms with E-state index in [-0.39, 0.29) is 5.91 Å². The third-order valence-electron chi connectivity index (χ3n) is 3.18. The zero-order valence-corrected chi connectivity index (χ0v) is 15.1. The van der Waals surface area contributed by atoms with Gasteiger partial charge in [-0.15, -0.1) is 0 Å². The van der Waals surface area contributed by atoms with E-state index in [1.165, 1.54) is 21.3 Å². The molecule has 2 aromatic rings. The van der Waals surface area contributed by atoms with Crippen LogP contribution in [0.1, 0.15) is 15.9 Å². The van der Waals surface area contributed by atoms with Gasteiger partial charge in [-0.25, -0.2) is 5.43 Å². The van der Waals surface area contributed by atoms with Gasteiger partial charge in [-0.2, -0.15) is 5.10 Å². The minimum absolute atomic E-state index is 0.345. The lowest BCUT2D eigenvalue weighted by atomic mass is 10.1. The highest BCUT2D eigenvalue weighted by Crippen LogP contribution is 2.38. The molecule has 0 saturated heterocycles. The molecule has 2 rings (SSSR count). The van der Waals surface area contributed by atoms with Crippen molar-refractivity contribution in [3.63, 3.8) is 0 Å². The maximum Gasteiger partial charge on any atom is 0.271 e. The van der Waals surface area contributed by atoms with Crippen molar-refractivity contribution in [2.45, 2.75) is 0 Å². The molecular weight excluding hydrogens is 376 g/mol. The maximum atomic E-state index is 12.2. The largest absolute Gasteiger partial charge is 0.493 e. The predicted octanol–water partition coefficient (Wildman–Crippen LogP) is 3.24. The standard InChI is InChI=1S/C17H17BrN2O4/c1-22-14-8-12(9-15(23-2)16(14)24-3)17(21)20-19-10-11-4-6-13(18)7-5-11/h4-10H,1-3H3,(H,20,21)/b19-10+. The zero-order chi connectivity index (χ0) is 17.5. The van der Waals surface area contributed by atoms with Crippen molar-refractivity contribution in [1.82, 2.24) is 5.43 Å². The molecule has 0 bridgehead atoms. The molecule has 0 radical (unpaired) electrons. The molecule has 0 saturated carbocycles. The van der Waals surface area contributed by atoms with Crippen LogP contribution in [0.15, 0.2) is 46.0 Å². The van der Waals surface area contributed by atoms with E-state index in [2.05, 4.69) is 26.5 Å². The van der Waals surface area contributed by atoms with Gasteiger partial charge in [-0.3, -0.25) is 4.79 Å². The van der Waals surface area contributed by atoms with E-state index in [4.69, 9.17) is 14.2 Å². The van der Waals surface area contributed by atoms with Crippen molar-refractivity contribution >= 4 is 28.1 Å². The summed E-state index contributed by atoms with van der Waals surface area (Å²) in [7, 11) is 4.48. The number of hydrogen-bond donors (Lipinski definition) is 1. The first kappa shape index (κ1) is 17.8. The number of nitrogens with one attached hydrogen (secondary N) is 1. The Kier molecular flexibility index (Phi) is 6.20. The van der Waals surface area contributed by atoms with Crippen LogP contribution < -0.4 is 19.6 Å². The summed E-state index contributed by atoms with van der Waals surface area (Å²) in [5, 5.41) is 3.95. The second-order valence-corrected chi connectivity index (χ2v) is 5.58. The van der Waals surface area contributed by atoms with E-state index < -0.39 is 0 Å². The fourth-order valence-electron chi connectivity index (χ4n) is 1.99. The molecule has 1 N–H and O–H groups in total. The van der Waals surface area contributed by atoms with E-state index in [0.29, 0.717) is 22.8 Å². The van der Waals surface area contributed by atoms with Crippen molar-refractivity contribution in [1.29, 1.82) is 0 Å². The van der Waals surface area contributed by atoms with Crippen molar-refractivity contribution in [2.75, 3.05) is 21.3 Å². The van der Waals surface area contributed by atoms with Gasteiger partial charge in [0.05, 0.1) is 27.5 Å². The highest BCUT2D eigenvalue weighted by atomic mass is 79.9. The molecule has 0 aliphatic rings. The molecule has 2 aromatic carbocycles. The quantitative estimate of drug-likeness (QED) is 0.605. The molecule has 7 heteroatoms. The Balaban J connectivity index is 2.15. The number of methoxy groups -OCH3 is 3. The van der Waals surface area contributed by atoms with Crippen molar-refractivity contribution < 1.29 is 19.0 Å². The van der Waals surface area contributed by atoms with Gasteiger partial charge in [0.1, 0.15) is 0 Å². The molecule has 0 aromatic heterocycles. The van der Waals surface area contributed by atoms with Gasteiger partial charge < -0.3 is 14.2 Å². The van der Waals surface area contributed by atoms with E-state index in [0.717, 1.165) is 10.0 Å². The Morgan fingerprint density at radius 3 is 2.12 bits per heavy atom. The molecule has 1 amide bonds. The lowest BCUT2D eigenvalue weighted by Gasteiger charge is -2.13. The molecule has 0 spiro atoms. The van der Waals surface area contributed by atoms with Crippen molar-refractivity contribution in [3.8, 4) is 17.2 Å². The van der Waals surface area contributed by atoms with E-state index in [9.17, 15) is 4.79 Å². The van der Waals surface area contributed by atoms with Crippen LogP contribution in [-0.2, 0) is 0 Å². The lowest BCUT2D eigenvalue weighted by Crippen LogP contribution is -2.18. The van der Waals surface area contributed by atoms with E-state index in [1.807, 2.05) is 24.3 Å². The van der Waals surface area contributed by atoms with Gasteiger partial charge >= 0.3 is 0 Å². The topological polar surface area (TPSA) is 69.2 Å². The number of halogens is 1. The van der Waals surface area contributed by atoms with Crippen molar-refractivity contribution in [3.05, 3.63) is 52.0 Å². The third-order valence-corrected chi connectivity index (χ3v) is 3.71. The first-order valence-electron chi connectivity index (χ1n) is 6.98. The average molecular weight is 393 g/mol. The van der Waals surface area contributed by atoms with Gasteiger partial charge in [-0.05, 0) is 29.8 Å². The lowest BCUT2D eigenvalue weighted by molar-refractivity contribution is 0.0954. The van der Waals surface area contributed by atoms with Crippen LogP contribution in [0.2, 0.25) is 0 Å². The highest BCUT2D eigenvalue weighted by Gasteiger charge is 2.16.